The van der Waals surface area contributed by atoms with Gasteiger partial charge < -0.3 is 10.2 Å². The van der Waals surface area contributed by atoms with Gasteiger partial charge in [0.05, 0.1) is 12.2 Å². The maximum atomic E-state index is 6.17. The van der Waals surface area contributed by atoms with Gasteiger partial charge >= 0.3 is 0 Å². The molecule has 1 heterocycles. The normalized spacial score (nSPS) is 38.9. The van der Waals surface area contributed by atoms with E-state index in [9.17, 15) is 0 Å². The van der Waals surface area contributed by atoms with Crippen molar-refractivity contribution in [1.82, 2.24) is 4.98 Å². The minimum absolute atomic E-state index is 0.300. The number of hydrogen-bond donors (Lipinski definition) is 1. The molecule has 0 aromatic carbocycles. The van der Waals surface area contributed by atoms with Crippen molar-refractivity contribution >= 4 is 0 Å². The highest BCUT2D eigenvalue weighted by atomic mass is 16.4. The van der Waals surface area contributed by atoms with Gasteiger partial charge in [-0.15, -0.1) is 0 Å². The lowest BCUT2D eigenvalue weighted by atomic mass is 9.48. The molecule has 4 aliphatic carbocycles. The summed E-state index contributed by atoms with van der Waals surface area (Å²) in [5.41, 5.74) is 7.26. The Morgan fingerprint density at radius 2 is 1.70 bits per heavy atom. The van der Waals surface area contributed by atoms with Gasteiger partial charge in [0.2, 0.25) is 5.89 Å². The number of rotatable bonds is 3. The molecule has 1 aromatic rings. The highest BCUT2D eigenvalue weighted by Crippen LogP contribution is 2.61. The van der Waals surface area contributed by atoms with E-state index in [4.69, 9.17) is 15.1 Å². The topological polar surface area (TPSA) is 52.0 Å². The van der Waals surface area contributed by atoms with Gasteiger partial charge in [0, 0.05) is 5.41 Å². The average Bonchev–Trinajstić information content (AvgIpc) is 2.82. The molecule has 5 rings (SSSR count). The van der Waals surface area contributed by atoms with E-state index in [0.717, 1.165) is 23.6 Å². The Morgan fingerprint density at radius 1 is 1.15 bits per heavy atom. The fourth-order valence-corrected chi connectivity index (χ4v) is 5.63. The molecule has 4 aliphatic rings. The van der Waals surface area contributed by atoms with Crippen LogP contribution in [0.4, 0.5) is 0 Å². The molecule has 0 unspecified atom stereocenters. The van der Waals surface area contributed by atoms with Crippen LogP contribution in [0.5, 0.6) is 0 Å². The summed E-state index contributed by atoms with van der Waals surface area (Å²) in [6, 6.07) is 0. The van der Waals surface area contributed by atoms with Crippen LogP contribution < -0.4 is 5.73 Å². The lowest BCUT2D eigenvalue weighted by Gasteiger charge is -2.56. The van der Waals surface area contributed by atoms with Crippen molar-refractivity contribution in [2.45, 2.75) is 70.3 Å². The molecule has 4 saturated carbocycles. The van der Waals surface area contributed by atoms with E-state index >= 15 is 0 Å². The maximum absolute atomic E-state index is 6.17. The van der Waals surface area contributed by atoms with Gasteiger partial charge in [-0.1, -0.05) is 13.8 Å². The molecule has 0 aliphatic heterocycles. The first-order valence-electron chi connectivity index (χ1n) is 8.30. The Morgan fingerprint density at radius 3 is 2.15 bits per heavy atom. The number of aromatic nitrogens is 1. The quantitative estimate of drug-likeness (QED) is 0.913. The molecule has 0 spiro atoms. The average molecular weight is 274 g/mol. The predicted molar refractivity (Wildman–Crippen MR) is 78.3 cm³/mol. The third kappa shape index (κ3) is 1.78. The second kappa shape index (κ2) is 4.33. The van der Waals surface area contributed by atoms with E-state index in [1.54, 1.807) is 0 Å². The Hall–Kier alpha value is -0.830. The van der Waals surface area contributed by atoms with Crippen molar-refractivity contribution in [3.05, 3.63) is 17.3 Å². The van der Waals surface area contributed by atoms with E-state index in [-0.39, 0.29) is 0 Å². The maximum Gasteiger partial charge on any atom is 0.208 e. The highest BCUT2D eigenvalue weighted by Gasteiger charge is 2.54. The van der Waals surface area contributed by atoms with Crippen molar-refractivity contribution in [1.29, 1.82) is 0 Å². The summed E-state index contributed by atoms with van der Waals surface area (Å²) in [7, 11) is 0. The fourth-order valence-electron chi connectivity index (χ4n) is 5.63. The summed E-state index contributed by atoms with van der Waals surface area (Å²) in [6.45, 7) is 4.87. The van der Waals surface area contributed by atoms with Crippen molar-refractivity contribution in [2.24, 2.45) is 23.5 Å². The first kappa shape index (κ1) is 12.9. The predicted octanol–water partition coefficient (Wildman–Crippen LogP) is 3.72. The first-order valence-corrected chi connectivity index (χ1v) is 8.30. The zero-order chi connectivity index (χ0) is 13.9. The van der Waals surface area contributed by atoms with E-state index in [1.807, 2.05) is 0 Å². The van der Waals surface area contributed by atoms with Crippen molar-refractivity contribution in [2.75, 3.05) is 0 Å². The number of nitrogens with zero attached hydrogens (tertiary/aromatic N) is 1. The molecule has 4 fully saturated rings. The number of nitrogens with two attached hydrogens (primary N) is 1. The van der Waals surface area contributed by atoms with Crippen LogP contribution in [0.2, 0.25) is 0 Å². The van der Waals surface area contributed by atoms with Gasteiger partial charge in [0.1, 0.15) is 5.76 Å². The minimum atomic E-state index is 0.300. The summed E-state index contributed by atoms with van der Waals surface area (Å²) >= 11 is 0. The van der Waals surface area contributed by atoms with Gasteiger partial charge in [-0.05, 0) is 62.2 Å². The molecular formula is C17H26N2O. The minimum Gasteiger partial charge on any atom is -0.443 e. The molecular weight excluding hydrogens is 248 g/mol. The van der Waals surface area contributed by atoms with Gasteiger partial charge in [-0.3, -0.25) is 0 Å². The zero-order valence-electron chi connectivity index (χ0n) is 12.7. The second-order valence-electron chi connectivity index (χ2n) is 7.88. The van der Waals surface area contributed by atoms with Crippen LogP contribution in [0.3, 0.4) is 0 Å². The summed E-state index contributed by atoms with van der Waals surface area (Å²) < 4.78 is 6.17. The molecule has 1 aromatic heterocycles. The molecule has 2 N–H and O–H groups in total. The molecule has 110 valence electrons. The molecule has 20 heavy (non-hydrogen) atoms. The Kier molecular flexibility index (Phi) is 2.79. The monoisotopic (exact) mass is 274 g/mol. The van der Waals surface area contributed by atoms with Crippen LogP contribution in [-0.4, -0.2) is 4.98 Å². The summed E-state index contributed by atoms with van der Waals surface area (Å²) in [5, 5.41) is 0. The summed E-state index contributed by atoms with van der Waals surface area (Å²) in [5.74, 6) is 5.20. The fraction of sp³-hybridized carbons (Fsp3) is 0.824. The Labute approximate surface area is 121 Å². The third-order valence-electron chi connectivity index (χ3n) is 5.94. The van der Waals surface area contributed by atoms with Crippen LogP contribution in [0, 0.1) is 17.8 Å². The van der Waals surface area contributed by atoms with Crippen LogP contribution >= 0.6 is 0 Å². The second-order valence-corrected chi connectivity index (χ2v) is 7.88. The molecule has 4 bridgehead atoms. The van der Waals surface area contributed by atoms with E-state index in [1.165, 1.54) is 50.0 Å². The Balaban J connectivity index is 1.78. The highest BCUT2D eigenvalue weighted by molar-refractivity contribution is 5.27. The largest absolute Gasteiger partial charge is 0.443 e. The van der Waals surface area contributed by atoms with Crippen LogP contribution in [0.1, 0.15) is 75.6 Å². The molecule has 0 atom stereocenters. The van der Waals surface area contributed by atoms with Gasteiger partial charge in [-0.25, -0.2) is 4.98 Å². The van der Waals surface area contributed by atoms with Crippen molar-refractivity contribution in [3.63, 3.8) is 0 Å². The lowest BCUT2D eigenvalue weighted by molar-refractivity contribution is -0.0162. The Bertz CT molecular complexity index is 482. The zero-order valence-corrected chi connectivity index (χ0v) is 12.7. The van der Waals surface area contributed by atoms with Gasteiger partial charge in [0.25, 0.3) is 0 Å². The van der Waals surface area contributed by atoms with E-state index in [0.29, 0.717) is 17.9 Å². The van der Waals surface area contributed by atoms with Crippen LogP contribution in [-0.2, 0) is 12.0 Å². The van der Waals surface area contributed by atoms with Gasteiger partial charge in [-0.2, -0.15) is 0 Å². The molecule has 0 radical (unpaired) electrons. The van der Waals surface area contributed by atoms with E-state index in [2.05, 4.69) is 13.8 Å². The first-order chi connectivity index (χ1) is 9.59. The molecule has 0 amide bonds. The molecule has 0 saturated heterocycles. The van der Waals surface area contributed by atoms with Gasteiger partial charge in [0.15, 0.2) is 0 Å². The smallest absolute Gasteiger partial charge is 0.208 e. The molecule has 3 nitrogen and oxygen atoms in total. The number of oxazole rings is 1. The van der Waals surface area contributed by atoms with E-state index < -0.39 is 0 Å². The van der Waals surface area contributed by atoms with Crippen LogP contribution in [0.15, 0.2) is 4.42 Å². The summed E-state index contributed by atoms with van der Waals surface area (Å²) in [4.78, 5) is 4.69. The third-order valence-corrected chi connectivity index (χ3v) is 5.94. The van der Waals surface area contributed by atoms with Crippen molar-refractivity contribution in [3.8, 4) is 0 Å². The van der Waals surface area contributed by atoms with Crippen molar-refractivity contribution < 1.29 is 4.42 Å². The lowest BCUT2D eigenvalue weighted by Crippen LogP contribution is -2.48. The SMILES string of the molecule is CC(C)c1nc(CN)oc1C12CC3CC(CC(C3)C1)C2. The van der Waals surface area contributed by atoms with Crippen LogP contribution in [0.25, 0.3) is 0 Å². The molecule has 3 heteroatoms. The standard InChI is InChI=1S/C17H26N2O/c1-10(2)15-16(20-14(9-18)19-15)17-6-11-3-12(7-17)5-13(4-11)8-17/h10-13H,3-9,18H2,1-2H3. The summed E-state index contributed by atoms with van der Waals surface area (Å²) in [6.07, 6.45) is 8.39. The number of hydrogen-bond acceptors (Lipinski definition) is 3.